The fourth-order valence-corrected chi connectivity index (χ4v) is 3.86. The minimum absolute atomic E-state index is 0.243. The molecule has 150 valence electrons. The summed E-state index contributed by atoms with van der Waals surface area (Å²) in [6.07, 6.45) is 9.24. The van der Waals surface area contributed by atoms with Gasteiger partial charge in [-0.15, -0.1) is 0 Å². The molecule has 0 aliphatic carbocycles. The molecule has 6 nitrogen and oxygen atoms in total. The summed E-state index contributed by atoms with van der Waals surface area (Å²) in [7, 11) is 1.87. The standard InChI is InChI=1S/C23H20FN5O/c1-23(30,19-5-3-4-6-20(19)24)16-8-21(25-11-16)18-12-27-22-17(18)7-14(9-26-22)15-10-28-29(2)13-15/h3-10,12-13,30H,11H2,1-2H3,(H,26,27). The lowest BCUT2D eigenvalue weighted by molar-refractivity contribution is 0.0926. The summed E-state index contributed by atoms with van der Waals surface area (Å²) in [5.74, 6) is -0.436. The molecule has 30 heavy (non-hydrogen) atoms. The van der Waals surface area contributed by atoms with Gasteiger partial charge in [0.2, 0.25) is 0 Å². The monoisotopic (exact) mass is 401 g/mol. The van der Waals surface area contributed by atoms with Crippen LogP contribution in [0.5, 0.6) is 0 Å². The van der Waals surface area contributed by atoms with Crippen molar-refractivity contribution in [2.24, 2.45) is 12.0 Å². The van der Waals surface area contributed by atoms with E-state index in [1.165, 1.54) is 6.07 Å². The van der Waals surface area contributed by atoms with Crippen LogP contribution in [0.4, 0.5) is 4.39 Å². The summed E-state index contributed by atoms with van der Waals surface area (Å²) >= 11 is 0. The zero-order valence-electron chi connectivity index (χ0n) is 16.6. The Labute approximate surface area is 172 Å². The topological polar surface area (TPSA) is 79.1 Å². The van der Waals surface area contributed by atoms with Gasteiger partial charge in [0.25, 0.3) is 0 Å². The fraction of sp³-hybridized carbons (Fsp3) is 0.174. The number of halogens is 1. The van der Waals surface area contributed by atoms with Crippen molar-refractivity contribution in [1.29, 1.82) is 0 Å². The Hall–Kier alpha value is -3.58. The van der Waals surface area contributed by atoms with Crippen LogP contribution in [0.15, 0.2) is 71.8 Å². The summed E-state index contributed by atoms with van der Waals surface area (Å²) in [4.78, 5) is 12.3. The van der Waals surface area contributed by atoms with Gasteiger partial charge in [0.1, 0.15) is 17.1 Å². The van der Waals surface area contributed by atoms with Crippen molar-refractivity contribution >= 4 is 16.7 Å². The maximum absolute atomic E-state index is 14.3. The van der Waals surface area contributed by atoms with Crippen LogP contribution < -0.4 is 0 Å². The third kappa shape index (κ3) is 2.95. The first kappa shape index (κ1) is 18.4. The number of aryl methyl sites for hydroxylation is 1. The van der Waals surface area contributed by atoms with Crippen molar-refractivity contribution < 1.29 is 9.50 Å². The maximum Gasteiger partial charge on any atom is 0.137 e. The van der Waals surface area contributed by atoms with E-state index >= 15 is 0 Å². The van der Waals surface area contributed by atoms with Crippen LogP contribution in [-0.2, 0) is 12.6 Å². The van der Waals surface area contributed by atoms with Gasteiger partial charge in [-0.1, -0.05) is 18.2 Å². The number of pyridine rings is 1. The summed E-state index contributed by atoms with van der Waals surface area (Å²) in [6, 6.07) is 8.33. The third-order valence-corrected chi connectivity index (χ3v) is 5.60. The molecule has 4 aromatic rings. The second-order valence-electron chi connectivity index (χ2n) is 7.65. The van der Waals surface area contributed by atoms with Crippen LogP contribution in [0.25, 0.3) is 22.2 Å². The highest BCUT2D eigenvalue weighted by molar-refractivity contribution is 6.17. The van der Waals surface area contributed by atoms with Crippen LogP contribution in [0.2, 0.25) is 0 Å². The number of rotatable bonds is 4. The van der Waals surface area contributed by atoms with E-state index in [1.54, 1.807) is 42.2 Å². The Morgan fingerprint density at radius 1 is 1.20 bits per heavy atom. The predicted molar refractivity (Wildman–Crippen MR) is 114 cm³/mol. The minimum Gasteiger partial charge on any atom is -0.381 e. The average Bonchev–Trinajstić information content (AvgIpc) is 3.46. The number of H-pyrrole nitrogens is 1. The van der Waals surface area contributed by atoms with Gasteiger partial charge in [0.15, 0.2) is 0 Å². The molecule has 0 saturated carbocycles. The van der Waals surface area contributed by atoms with E-state index in [4.69, 9.17) is 0 Å². The number of nitrogens with zero attached hydrogens (tertiary/aromatic N) is 4. The van der Waals surface area contributed by atoms with Gasteiger partial charge in [-0.2, -0.15) is 5.10 Å². The molecule has 1 atom stereocenters. The summed E-state index contributed by atoms with van der Waals surface area (Å²) < 4.78 is 16.0. The van der Waals surface area contributed by atoms with Crippen LogP contribution in [0.1, 0.15) is 18.1 Å². The molecule has 1 unspecified atom stereocenters. The third-order valence-electron chi connectivity index (χ3n) is 5.60. The van der Waals surface area contributed by atoms with Crippen LogP contribution in [0.3, 0.4) is 0 Å². The summed E-state index contributed by atoms with van der Waals surface area (Å²) in [5.41, 5.74) is 3.76. The highest BCUT2D eigenvalue weighted by Gasteiger charge is 2.33. The quantitative estimate of drug-likeness (QED) is 0.547. The van der Waals surface area contributed by atoms with Crippen molar-refractivity contribution in [1.82, 2.24) is 19.7 Å². The molecule has 0 amide bonds. The van der Waals surface area contributed by atoms with E-state index in [1.807, 2.05) is 25.5 Å². The van der Waals surface area contributed by atoms with Crippen molar-refractivity contribution in [3.05, 3.63) is 83.7 Å². The Morgan fingerprint density at radius 3 is 2.80 bits per heavy atom. The van der Waals surface area contributed by atoms with Crippen LogP contribution in [0, 0.1) is 5.82 Å². The largest absolute Gasteiger partial charge is 0.381 e. The molecule has 0 bridgehead atoms. The van der Waals surface area contributed by atoms with Crippen LogP contribution >= 0.6 is 0 Å². The highest BCUT2D eigenvalue weighted by atomic mass is 19.1. The van der Waals surface area contributed by atoms with Gasteiger partial charge in [0, 0.05) is 53.3 Å². The number of hydrogen-bond acceptors (Lipinski definition) is 4. The second-order valence-corrected chi connectivity index (χ2v) is 7.65. The van der Waals surface area contributed by atoms with Gasteiger partial charge in [-0.25, -0.2) is 9.37 Å². The Balaban J connectivity index is 1.53. The van der Waals surface area contributed by atoms with Crippen molar-refractivity contribution in [3.8, 4) is 11.1 Å². The van der Waals surface area contributed by atoms with E-state index < -0.39 is 11.4 Å². The number of allylic oxidation sites excluding steroid dienone is 1. The van der Waals surface area contributed by atoms with Gasteiger partial charge >= 0.3 is 0 Å². The number of fused-ring (bicyclic) bond motifs is 1. The first-order valence-corrected chi connectivity index (χ1v) is 9.63. The first-order valence-electron chi connectivity index (χ1n) is 9.63. The number of hydrogen-bond donors (Lipinski definition) is 2. The fourth-order valence-electron chi connectivity index (χ4n) is 3.86. The normalized spacial score (nSPS) is 15.9. The Bertz CT molecular complexity index is 1330. The van der Waals surface area contributed by atoms with Gasteiger partial charge in [-0.05, 0) is 30.7 Å². The van der Waals surface area contributed by atoms with E-state index in [2.05, 4.69) is 26.1 Å². The molecule has 5 rings (SSSR count). The summed E-state index contributed by atoms with van der Waals surface area (Å²) in [6.45, 7) is 1.91. The van der Waals surface area contributed by atoms with Gasteiger partial charge < -0.3 is 10.1 Å². The SMILES string of the molecule is Cn1cc(-c2cnc3[nH]cc(C4=NCC(C(C)(O)c5ccccc5F)=C4)c3c2)cn1. The van der Waals surface area contributed by atoms with Crippen molar-refractivity contribution in [2.75, 3.05) is 6.54 Å². The number of aliphatic imine (C=N–C) groups is 1. The Kier molecular flexibility index (Phi) is 4.15. The number of aromatic nitrogens is 4. The molecule has 4 heterocycles. The van der Waals surface area contributed by atoms with Gasteiger partial charge in [0.05, 0.1) is 18.5 Å². The Morgan fingerprint density at radius 2 is 2.03 bits per heavy atom. The minimum atomic E-state index is -1.44. The van der Waals surface area contributed by atoms with Crippen LogP contribution in [-0.4, -0.2) is 37.1 Å². The number of nitrogens with one attached hydrogen (secondary N) is 1. The molecule has 7 heteroatoms. The highest BCUT2D eigenvalue weighted by Crippen LogP contribution is 2.34. The molecular weight excluding hydrogens is 381 g/mol. The van der Waals surface area contributed by atoms with Crippen molar-refractivity contribution in [2.45, 2.75) is 12.5 Å². The molecule has 0 fully saturated rings. The molecule has 0 saturated heterocycles. The van der Waals surface area contributed by atoms with Gasteiger partial charge in [-0.3, -0.25) is 9.67 Å². The molecule has 0 spiro atoms. The number of benzene rings is 1. The molecule has 3 aromatic heterocycles. The number of aromatic amines is 1. The lowest BCUT2D eigenvalue weighted by Crippen LogP contribution is -2.26. The van der Waals surface area contributed by atoms with E-state index in [9.17, 15) is 9.50 Å². The van der Waals surface area contributed by atoms with E-state index in [0.29, 0.717) is 12.1 Å². The lowest BCUT2D eigenvalue weighted by atomic mass is 9.87. The average molecular weight is 401 g/mol. The molecule has 1 aliphatic rings. The van der Waals surface area contributed by atoms with Crippen molar-refractivity contribution in [3.63, 3.8) is 0 Å². The first-order chi connectivity index (χ1) is 14.4. The molecular formula is C23H20FN5O. The number of aliphatic hydroxyl groups is 1. The van der Waals surface area contributed by atoms with E-state index in [-0.39, 0.29) is 5.56 Å². The molecule has 2 N–H and O–H groups in total. The zero-order valence-corrected chi connectivity index (χ0v) is 16.6. The van der Waals surface area contributed by atoms with E-state index in [0.717, 1.165) is 33.4 Å². The zero-order chi connectivity index (χ0) is 20.9. The molecule has 1 aliphatic heterocycles. The predicted octanol–water partition coefficient (Wildman–Crippen LogP) is 3.74. The molecule has 1 aromatic carbocycles. The summed E-state index contributed by atoms with van der Waals surface area (Å²) in [5, 5.41) is 16.2. The molecule has 0 radical (unpaired) electrons. The second kappa shape index (κ2) is 6.74. The smallest absolute Gasteiger partial charge is 0.137 e. The lowest BCUT2D eigenvalue weighted by Gasteiger charge is -2.25. The maximum atomic E-state index is 14.3.